The van der Waals surface area contributed by atoms with Crippen LogP contribution in [-0.4, -0.2) is 37.2 Å². The quantitative estimate of drug-likeness (QED) is 0.0261. The Balaban J connectivity index is 4.46. The van der Waals surface area contributed by atoms with E-state index >= 15 is 0 Å². The maximum Gasteiger partial charge on any atom is 0.306 e. The van der Waals surface area contributed by atoms with E-state index in [2.05, 4.69) is 106 Å². The minimum atomic E-state index is -0.804. The molecule has 0 aliphatic carbocycles. The second-order valence-corrected chi connectivity index (χ2v) is 20.6. The summed E-state index contributed by atoms with van der Waals surface area (Å²) in [5, 5.41) is 0. The number of hydrogen-bond acceptors (Lipinski definition) is 6. The van der Waals surface area contributed by atoms with E-state index in [1.807, 2.05) is 0 Å². The van der Waals surface area contributed by atoms with Crippen LogP contribution in [0.3, 0.4) is 0 Å². The molecule has 0 aliphatic rings. The lowest BCUT2D eigenvalue weighted by molar-refractivity contribution is -0.167. The van der Waals surface area contributed by atoms with E-state index in [1.165, 1.54) is 186 Å². The number of allylic oxidation sites excluding steroid dienone is 14. The first-order valence-electron chi connectivity index (χ1n) is 31.1. The number of carbonyl (C=O) groups excluding carboxylic acids is 3. The van der Waals surface area contributed by atoms with Gasteiger partial charge < -0.3 is 14.2 Å². The number of unbranched alkanes of at least 4 members (excludes halogenated alkanes) is 31. The minimum Gasteiger partial charge on any atom is -0.462 e. The van der Waals surface area contributed by atoms with Crippen molar-refractivity contribution in [2.75, 3.05) is 13.2 Å². The monoisotopic (exact) mass is 1020 g/mol. The fourth-order valence-electron chi connectivity index (χ4n) is 8.64. The standard InChI is InChI=1S/C67H116O6/c1-4-7-10-13-16-19-22-25-28-31-33-36-39-42-45-48-51-54-57-60-66(69)72-63-64(62-71-65(68)59-56-53-50-47-44-41-38-35-30-27-24-21-18-15-12-9-6-3)73-67(70)61-58-55-52-49-46-43-40-37-34-32-29-26-23-20-17-14-11-8-5-2/h16,18-19,21,25,27-28,30,32,34,38,41,47,50,64H,4-15,17,20,22-24,26,29,31,33,35-37,39-40,42-46,48-49,51-63H2,1-3H3/b19-16-,21-18-,28-25-,30-27-,34-32-,41-38-,50-47-/t64-/m1/s1. The number of carbonyl (C=O) groups is 3. The predicted octanol–water partition coefficient (Wildman–Crippen LogP) is 21.1. The highest BCUT2D eigenvalue weighted by molar-refractivity contribution is 5.71. The third-order valence-electron chi connectivity index (χ3n) is 13.3. The van der Waals surface area contributed by atoms with Gasteiger partial charge in [0.25, 0.3) is 0 Å². The maximum atomic E-state index is 12.9. The number of ether oxygens (including phenoxy) is 3. The SMILES string of the molecule is CCCCC/C=C\C/C=C\C/C=C\C/C=C\CCCC(=O)OC[C@H](COC(=O)CCCCCCCCCCC/C=C\C/C=C\CCCCC)OC(=O)CCCCCCCCC/C=C\CCCCCCCCCC. The molecule has 0 aromatic rings. The highest BCUT2D eigenvalue weighted by Gasteiger charge is 2.19. The highest BCUT2D eigenvalue weighted by Crippen LogP contribution is 2.15. The van der Waals surface area contributed by atoms with Crippen molar-refractivity contribution >= 4 is 17.9 Å². The molecule has 6 nitrogen and oxygen atoms in total. The van der Waals surface area contributed by atoms with Crippen molar-refractivity contribution in [1.82, 2.24) is 0 Å². The summed E-state index contributed by atoms with van der Waals surface area (Å²) in [6.07, 6.45) is 80.1. The Labute approximate surface area is 452 Å². The lowest BCUT2D eigenvalue weighted by atomic mass is 10.1. The van der Waals surface area contributed by atoms with Crippen molar-refractivity contribution in [2.24, 2.45) is 0 Å². The Morgan fingerprint density at radius 2 is 0.507 bits per heavy atom. The molecule has 0 saturated heterocycles. The Morgan fingerprint density at radius 3 is 0.863 bits per heavy atom. The van der Waals surface area contributed by atoms with Gasteiger partial charge in [-0.3, -0.25) is 14.4 Å². The summed E-state index contributed by atoms with van der Waals surface area (Å²) in [7, 11) is 0. The second-order valence-electron chi connectivity index (χ2n) is 20.6. The molecule has 0 bridgehead atoms. The van der Waals surface area contributed by atoms with E-state index in [0.717, 1.165) is 70.6 Å². The summed E-state index contributed by atoms with van der Waals surface area (Å²) in [6.45, 7) is 6.56. The molecule has 0 heterocycles. The van der Waals surface area contributed by atoms with Gasteiger partial charge in [-0.15, -0.1) is 0 Å². The van der Waals surface area contributed by atoms with Gasteiger partial charge in [0.15, 0.2) is 6.10 Å². The molecule has 0 amide bonds. The van der Waals surface area contributed by atoms with Crippen LogP contribution in [0.5, 0.6) is 0 Å². The van der Waals surface area contributed by atoms with Crippen molar-refractivity contribution < 1.29 is 28.6 Å². The number of rotatable bonds is 56. The Morgan fingerprint density at radius 1 is 0.274 bits per heavy atom. The number of esters is 3. The molecule has 0 spiro atoms. The van der Waals surface area contributed by atoms with Crippen molar-refractivity contribution in [3.05, 3.63) is 85.1 Å². The molecule has 0 aliphatic heterocycles. The smallest absolute Gasteiger partial charge is 0.306 e. The Hall–Kier alpha value is -3.41. The summed E-state index contributed by atoms with van der Waals surface area (Å²) in [6, 6.07) is 0. The van der Waals surface area contributed by atoms with Crippen LogP contribution in [0.1, 0.15) is 303 Å². The molecular weight excluding hydrogens is 901 g/mol. The zero-order valence-corrected chi connectivity index (χ0v) is 48.1. The van der Waals surface area contributed by atoms with Crippen LogP contribution in [-0.2, 0) is 28.6 Å². The third-order valence-corrected chi connectivity index (χ3v) is 13.3. The molecule has 0 fully saturated rings. The molecule has 0 saturated carbocycles. The van der Waals surface area contributed by atoms with Crippen LogP contribution in [0.2, 0.25) is 0 Å². The van der Waals surface area contributed by atoms with Crippen LogP contribution < -0.4 is 0 Å². The summed E-state index contributed by atoms with van der Waals surface area (Å²) >= 11 is 0. The first kappa shape index (κ1) is 69.6. The average Bonchev–Trinajstić information content (AvgIpc) is 3.39. The van der Waals surface area contributed by atoms with Crippen LogP contribution in [0.4, 0.5) is 0 Å². The lowest BCUT2D eigenvalue weighted by Gasteiger charge is -2.18. The van der Waals surface area contributed by atoms with Gasteiger partial charge in [0.1, 0.15) is 13.2 Å². The molecule has 1 atom stereocenters. The van der Waals surface area contributed by atoms with E-state index < -0.39 is 6.10 Å². The summed E-state index contributed by atoms with van der Waals surface area (Å²) in [5.41, 5.74) is 0. The van der Waals surface area contributed by atoms with Gasteiger partial charge in [0, 0.05) is 19.3 Å². The molecule has 420 valence electrons. The normalized spacial score (nSPS) is 12.6. The van der Waals surface area contributed by atoms with Crippen LogP contribution in [0, 0.1) is 0 Å². The minimum absolute atomic E-state index is 0.0968. The highest BCUT2D eigenvalue weighted by atomic mass is 16.6. The summed E-state index contributed by atoms with van der Waals surface area (Å²) in [4.78, 5) is 38.3. The zero-order chi connectivity index (χ0) is 52.9. The lowest BCUT2D eigenvalue weighted by Crippen LogP contribution is -2.30. The van der Waals surface area contributed by atoms with Crippen LogP contribution >= 0.6 is 0 Å². The van der Waals surface area contributed by atoms with Gasteiger partial charge in [-0.05, 0) is 116 Å². The molecule has 0 aromatic heterocycles. The van der Waals surface area contributed by atoms with E-state index in [9.17, 15) is 14.4 Å². The van der Waals surface area contributed by atoms with Gasteiger partial charge in [-0.2, -0.15) is 0 Å². The molecule has 0 aromatic carbocycles. The molecule has 0 radical (unpaired) electrons. The second kappa shape index (κ2) is 61.1. The van der Waals surface area contributed by atoms with E-state index in [4.69, 9.17) is 14.2 Å². The first-order valence-corrected chi connectivity index (χ1v) is 31.1. The van der Waals surface area contributed by atoms with Gasteiger partial charge >= 0.3 is 17.9 Å². The Bertz CT molecular complexity index is 1400. The van der Waals surface area contributed by atoms with Gasteiger partial charge in [0.05, 0.1) is 0 Å². The van der Waals surface area contributed by atoms with Crippen LogP contribution in [0.15, 0.2) is 85.1 Å². The average molecular weight is 1020 g/mol. The van der Waals surface area contributed by atoms with Crippen molar-refractivity contribution in [2.45, 2.75) is 309 Å². The number of hydrogen-bond donors (Lipinski definition) is 0. The van der Waals surface area contributed by atoms with E-state index in [-0.39, 0.29) is 37.5 Å². The largest absolute Gasteiger partial charge is 0.462 e. The third kappa shape index (κ3) is 59.3. The zero-order valence-electron chi connectivity index (χ0n) is 48.1. The molecule has 0 unspecified atom stereocenters. The Kier molecular flexibility index (Phi) is 58.3. The molecule has 6 heteroatoms. The summed E-state index contributed by atoms with van der Waals surface area (Å²) in [5.74, 6) is -0.954. The van der Waals surface area contributed by atoms with Crippen molar-refractivity contribution in [1.29, 1.82) is 0 Å². The van der Waals surface area contributed by atoms with Crippen molar-refractivity contribution in [3.63, 3.8) is 0 Å². The van der Waals surface area contributed by atoms with Crippen molar-refractivity contribution in [3.8, 4) is 0 Å². The molecule has 0 rings (SSSR count). The van der Waals surface area contributed by atoms with Gasteiger partial charge in [0.2, 0.25) is 0 Å². The molecule has 0 N–H and O–H groups in total. The fraction of sp³-hybridized carbons (Fsp3) is 0.746. The van der Waals surface area contributed by atoms with E-state index in [1.54, 1.807) is 0 Å². The van der Waals surface area contributed by atoms with Gasteiger partial charge in [-0.1, -0.05) is 254 Å². The first-order chi connectivity index (χ1) is 36.0. The molecular formula is C67H116O6. The fourth-order valence-corrected chi connectivity index (χ4v) is 8.64. The van der Waals surface area contributed by atoms with Gasteiger partial charge in [-0.25, -0.2) is 0 Å². The maximum absolute atomic E-state index is 12.9. The van der Waals surface area contributed by atoms with Crippen LogP contribution in [0.25, 0.3) is 0 Å². The molecule has 73 heavy (non-hydrogen) atoms. The predicted molar refractivity (Wildman–Crippen MR) is 316 cm³/mol. The topological polar surface area (TPSA) is 78.9 Å². The summed E-state index contributed by atoms with van der Waals surface area (Å²) < 4.78 is 16.9. The van der Waals surface area contributed by atoms with E-state index in [0.29, 0.717) is 19.3 Å².